The van der Waals surface area contributed by atoms with Gasteiger partial charge in [0.1, 0.15) is 0 Å². The summed E-state index contributed by atoms with van der Waals surface area (Å²) in [6.45, 7) is 2.13. The van der Waals surface area contributed by atoms with E-state index in [4.69, 9.17) is 0 Å². The van der Waals surface area contributed by atoms with Crippen LogP contribution in [-0.4, -0.2) is 29.6 Å². The number of nitrogens with zero attached hydrogens (tertiary/aromatic N) is 1. The van der Waals surface area contributed by atoms with Gasteiger partial charge in [-0.15, -0.1) is 0 Å². The Kier molecular flexibility index (Phi) is 4.44. The van der Waals surface area contributed by atoms with E-state index in [9.17, 15) is 8.42 Å². The van der Waals surface area contributed by atoms with E-state index in [0.717, 1.165) is 38.5 Å². The number of piperidine rings is 1. The average molecular weight is 372 g/mol. The molecule has 1 aromatic carbocycles. The SMILES string of the molecule is CCCc1ccc(S(=O)(=O)N2C3CCC2CC(Br)C3)cc1. The summed E-state index contributed by atoms with van der Waals surface area (Å²) in [4.78, 5) is 0.917. The molecule has 2 saturated heterocycles. The third kappa shape index (κ3) is 2.92. The van der Waals surface area contributed by atoms with Crippen molar-refractivity contribution in [2.24, 2.45) is 0 Å². The fourth-order valence-corrected chi connectivity index (χ4v) is 6.45. The lowest BCUT2D eigenvalue weighted by molar-refractivity contribution is 0.255. The molecule has 0 aliphatic carbocycles. The van der Waals surface area contributed by atoms with Crippen molar-refractivity contribution < 1.29 is 8.42 Å². The zero-order valence-electron chi connectivity index (χ0n) is 12.3. The van der Waals surface area contributed by atoms with E-state index < -0.39 is 10.0 Å². The summed E-state index contributed by atoms with van der Waals surface area (Å²) >= 11 is 3.66. The lowest BCUT2D eigenvalue weighted by Crippen LogP contribution is -2.46. The molecule has 21 heavy (non-hydrogen) atoms. The van der Waals surface area contributed by atoms with Gasteiger partial charge in [-0.2, -0.15) is 4.31 Å². The molecule has 2 aliphatic heterocycles. The van der Waals surface area contributed by atoms with Gasteiger partial charge in [-0.3, -0.25) is 0 Å². The molecule has 2 atom stereocenters. The number of fused-ring (bicyclic) bond motifs is 2. The Bertz CT molecular complexity index is 585. The highest BCUT2D eigenvalue weighted by atomic mass is 79.9. The number of hydrogen-bond acceptors (Lipinski definition) is 2. The van der Waals surface area contributed by atoms with Crippen LogP contribution in [0.25, 0.3) is 0 Å². The molecule has 116 valence electrons. The number of benzene rings is 1. The summed E-state index contributed by atoms with van der Waals surface area (Å²) in [5, 5.41) is 0. The lowest BCUT2D eigenvalue weighted by Gasteiger charge is -2.36. The summed E-state index contributed by atoms with van der Waals surface area (Å²) in [6, 6.07) is 7.81. The maximum atomic E-state index is 12.9. The Labute approximate surface area is 135 Å². The van der Waals surface area contributed by atoms with E-state index in [1.807, 2.05) is 12.1 Å². The first-order chi connectivity index (χ1) is 10.0. The van der Waals surface area contributed by atoms with E-state index in [-0.39, 0.29) is 12.1 Å². The maximum Gasteiger partial charge on any atom is 0.243 e. The minimum atomic E-state index is -3.34. The maximum absolute atomic E-state index is 12.9. The van der Waals surface area contributed by atoms with E-state index in [1.165, 1.54) is 5.56 Å². The van der Waals surface area contributed by atoms with Crippen LogP contribution in [0, 0.1) is 0 Å². The van der Waals surface area contributed by atoms with Gasteiger partial charge in [-0.05, 0) is 49.8 Å². The molecule has 0 N–H and O–H groups in total. The molecule has 3 nitrogen and oxygen atoms in total. The van der Waals surface area contributed by atoms with E-state index >= 15 is 0 Å². The summed E-state index contributed by atoms with van der Waals surface area (Å²) in [7, 11) is -3.34. The van der Waals surface area contributed by atoms with E-state index in [2.05, 4.69) is 22.9 Å². The first-order valence-electron chi connectivity index (χ1n) is 7.79. The van der Waals surface area contributed by atoms with Crippen molar-refractivity contribution in [3.8, 4) is 0 Å². The third-order valence-electron chi connectivity index (χ3n) is 4.65. The van der Waals surface area contributed by atoms with Crippen LogP contribution < -0.4 is 0 Å². The Morgan fingerprint density at radius 3 is 2.24 bits per heavy atom. The van der Waals surface area contributed by atoms with Crippen molar-refractivity contribution >= 4 is 26.0 Å². The fraction of sp³-hybridized carbons (Fsp3) is 0.625. The fourth-order valence-electron chi connectivity index (χ4n) is 3.70. The molecule has 2 bridgehead atoms. The van der Waals surface area contributed by atoms with Gasteiger partial charge in [-0.1, -0.05) is 41.4 Å². The third-order valence-corrected chi connectivity index (χ3v) is 7.41. The van der Waals surface area contributed by atoms with Gasteiger partial charge in [0.2, 0.25) is 10.0 Å². The van der Waals surface area contributed by atoms with Crippen LogP contribution in [0.2, 0.25) is 0 Å². The molecule has 2 aliphatic rings. The Hall–Kier alpha value is -0.390. The molecule has 2 fully saturated rings. The first kappa shape index (κ1) is 15.5. The normalized spacial score (nSPS) is 29.7. The van der Waals surface area contributed by atoms with Crippen molar-refractivity contribution in [3.05, 3.63) is 29.8 Å². The minimum absolute atomic E-state index is 0.174. The highest BCUT2D eigenvalue weighted by molar-refractivity contribution is 9.09. The monoisotopic (exact) mass is 371 g/mol. The first-order valence-corrected chi connectivity index (χ1v) is 10.1. The summed E-state index contributed by atoms with van der Waals surface area (Å²) in [6.07, 6.45) is 5.95. The summed E-state index contributed by atoms with van der Waals surface area (Å²) in [5.41, 5.74) is 1.21. The number of aryl methyl sites for hydroxylation is 1. The van der Waals surface area contributed by atoms with Crippen molar-refractivity contribution in [1.82, 2.24) is 4.31 Å². The molecule has 2 heterocycles. The van der Waals surface area contributed by atoms with Gasteiger partial charge in [-0.25, -0.2) is 8.42 Å². The summed E-state index contributed by atoms with van der Waals surface area (Å²) in [5.74, 6) is 0. The van der Waals surface area contributed by atoms with Crippen LogP contribution in [-0.2, 0) is 16.4 Å². The molecule has 0 radical (unpaired) electrons. The van der Waals surface area contributed by atoms with Crippen LogP contribution in [0.15, 0.2) is 29.2 Å². The second kappa shape index (κ2) is 6.01. The van der Waals surface area contributed by atoms with Gasteiger partial charge in [0, 0.05) is 16.9 Å². The number of rotatable bonds is 4. The quantitative estimate of drug-likeness (QED) is 0.756. The topological polar surface area (TPSA) is 37.4 Å². The Morgan fingerprint density at radius 1 is 1.14 bits per heavy atom. The Morgan fingerprint density at radius 2 is 1.71 bits per heavy atom. The second-order valence-corrected chi connectivity index (χ2v) is 9.32. The van der Waals surface area contributed by atoms with Crippen molar-refractivity contribution in [1.29, 1.82) is 0 Å². The molecule has 0 spiro atoms. The molecule has 5 heteroatoms. The van der Waals surface area contributed by atoms with Crippen LogP contribution in [0.4, 0.5) is 0 Å². The second-order valence-electron chi connectivity index (χ2n) is 6.18. The molecule has 3 rings (SSSR count). The predicted octanol–water partition coefficient (Wildman–Crippen LogP) is 3.72. The highest BCUT2D eigenvalue weighted by Gasteiger charge is 2.46. The zero-order valence-corrected chi connectivity index (χ0v) is 14.7. The average Bonchev–Trinajstić information content (AvgIpc) is 2.73. The molecular weight excluding hydrogens is 350 g/mol. The van der Waals surface area contributed by atoms with Crippen molar-refractivity contribution in [2.75, 3.05) is 0 Å². The van der Waals surface area contributed by atoms with Crippen LogP contribution >= 0.6 is 15.9 Å². The smallest absolute Gasteiger partial charge is 0.207 e. The van der Waals surface area contributed by atoms with Crippen LogP contribution in [0.3, 0.4) is 0 Å². The van der Waals surface area contributed by atoms with Crippen molar-refractivity contribution in [2.45, 2.75) is 67.3 Å². The van der Waals surface area contributed by atoms with Crippen molar-refractivity contribution in [3.63, 3.8) is 0 Å². The van der Waals surface area contributed by atoms with Gasteiger partial charge < -0.3 is 0 Å². The molecule has 0 amide bonds. The molecule has 0 saturated carbocycles. The van der Waals surface area contributed by atoms with E-state index in [1.54, 1.807) is 16.4 Å². The molecular formula is C16H22BrNO2S. The van der Waals surface area contributed by atoms with Gasteiger partial charge in [0.05, 0.1) is 4.90 Å². The van der Waals surface area contributed by atoms with E-state index in [0.29, 0.717) is 9.72 Å². The zero-order chi connectivity index (χ0) is 15.0. The number of hydrogen-bond donors (Lipinski definition) is 0. The van der Waals surface area contributed by atoms with Gasteiger partial charge >= 0.3 is 0 Å². The van der Waals surface area contributed by atoms with Gasteiger partial charge in [0.15, 0.2) is 0 Å². The highest BCUT2D eigenvalue weighted by Crippen LogP contribution is 2.41. The van der Waals surface area contributed by atoms with Crippen LogP contribution in [0.5, 0.6) is 0 Å². The predicted molar refractivity (Wildman–Crippen MR) is 88.2 cm³/mol. The molecule has 1 aromatic rings. The lowest BCUT2D eigenvalue weighted by atomic mass is 10.1. The number of sulfonamides is 1. The number of halogens is 1. The number of alkyl halides is 1. The molecule has 0 aromatic heterocycles. The van der Waals surface area contributed by atoms with Gasteiger partial charge in [0.25, 0.3) is 0 Å². The van der Waals surface area contributed by atoms with Crippen LogP contribution in [0.1, 0.15) is 44.6 Å². The Balaban J connectivity index is 1.87. The minimum Gasteiger partial charge on any atom is -0.207 e. The largest absolute Gasteiger partial charge is 0.243 e. The summed E-state index contributed by atoms with van der Waals surface area (Å²) < 4.78 is 27.7. The molecule has 2 unspecified atom stereocenters. The standard InChI is InChI=1S/C16H22BrNO2S/c1-2-3-12-4-8-16(9-5-12)21(19,20)18-14-6-7-15(18)11-13(17)10-14/h4-5,8-9,13-15H,2-3,6-7,10-11H2,1H3.